The first-order valence-corrected chi connectivity index (χ1v) is 10.2. The number of aryl methyl sites for hydroxylation is 1. The molecule has 4 rings (SSSR count). The van der Waals surface area contributed by atoms with Crippen LogP contribution in [0, 0.1) is 24.5 Å². The number of carbonyl (C=O) groups is 2. The topological polar surface area (TPSA) is 91.6 Å². The number of aromatic hydroxyl groups is 1. The molecule has 0 spiro atoms. The minimum Gasteiger partial charge on any atom is -0.503 e. The van der Waals surface area contributed by atoms with Gasteiger partial charge in [0.25, 0.3) is 11.8 Å². The molecule has 7 nitrogen and oxygen atoms in total. The first kappa shape index (κ1) is 21.0. The molecule has 1 fully saturated rings. The van der Waals surface area contributed by atoms with E-state index in [0.717, 1.165) is 25.0 Å². The van der Waals surface area contributed by atoms with Crippen LogP contribution in [0.3, 0.4) is 0 Å². The van der Waals surface area contributed by atoms with E-state index in [-0.39, 0.29) is 28.8 Å². The quantitative estimate of drug-likeness (QED) is 0.781. The fourth-order valence-corrected chi connectivity index (χ4v) is 4.35. The van der Waals surface area contributed by atoms with Crippen molar-refractivity contribution in [3.63, 3.8) is 0 Å². The second kappa shape index (κ2) is 7.79. The van der Waals surface area contributed by atoms with E-state index in [0.29, 0.717) is 18.7 Å². The molecule has 2 bridgehead atoms. The zero-order chi connectivity index (χ0) is 22.4. The molecule has 2 atom stereocenters. The van der Waals surface area contributed by atoms with Crippen molar-refractivity contribution in [2.24, 2.45) is 5.92 Å². The zero-order valence-corrected chi connectivity index (χ0v) is 17.2. The molecule has 164 valence electrons. The van der Waals surface area contributed by atoms with Crippen LogP contribution in [-0.4, -0.2) is 39.5 Å². The number of pyridine rings is 1. The third-order valence-electron chi connectivity index (χ3n) is 6.01. The second-order valence-electron chi connectivity index (χ2n) is 8.41. The van der Waals surface area contributed by atoms with Crippen LogP contribution in [0.4, 0.5) is 8.78 Å². The van der Waals surface area contributed by atoms with Gasteiger partial charge in [0.05, 0.1) is 6.04 Å². The van der Waals surface area contributed by atoms with E-state index in [2.05, 4.69) is 5.32 Å². The SMILES string of the molecule is Cc1cc(F)c(CNC(=O)c2cn3c(c(O)c2=O)C(=O)N2C[C@@H](C)CC[C@H]3C2)c(F)c1. The summed E-state index contributed by atoms with van der Waals surface area (Å²) in [5, 5.41) is 12.8. The van der Waals surface area contributed by atoms with Crippen LogP contribution in [0.15, 0.2) is 23.1 Å². The highest BCUT2D eigenvalue weighted by Gasteiger charge is 2.37. The van der Waals surface area contributed by atoms with E-state index in [4.69, 9.17) is 0 Å². The lowest BCUT2D eigenvalue weighted by molar-refractivity contribution is 0.0662. The number of nitrogens with one attached hydrogen (secondary N) is 1. The average molecular weight is 431 g/mol. The maximum absolute atomic E-state index is 14.0. The van der Waals surface area contributed by atoms with Gasteiger partial charge in [0.2, 0.25) is 5.43 Å². The fraction of sp³-hybridized carbons (Fsp3) is 0.409. The molecule has 0 unspecified atom stereocenters. The summed E-state index contributed by atoms with van der Waals surface area (Å²) >= 11 is 0. The molecule has 2 amide bonds. The number of halogens is 2. The van der Waals surface area contributed by atoms with E-state index in [9.17, 15) is 28.3 Å². The Labute approximate surface area is 177 Å². The van der Waals surface area contributed by atoms with Crippen LogP contribution in [0.2, 0.25) is 0 Å². The van der Waals surface area contributed by atoms with Crippen molar-refractivity contribution < 1.29 is 23.5 Å². The molecule has 9 heteroatoms. The van der Waals surface area contributed by atoms with Gasteiger partial charge in [0.1, 0.15) is 17.2 Å². The van der Waals surface area contributed by atoms with Gasteiger partial charge < -0.3 is 19.9 Å². The van der Waals surface area contributed by atoms with Crippen LogP contribution >= 0.6 is 0 Å². The maximum atomic E-state index is 14.0. The predicted molar refractivity (Wildman–Crippen MR) is 108 cm³/mol. The van der Waals surface area contributed by atoms with Gasteiger partial charge in [-0.2, -0.15) is 0 Å². The van der Waals surface area contributed by atoms with Gasteiger partial charge in [-0.3, -0.25) is 14.4 Å². The Morgan fingerprint density at radius 3 is 2.55 bits per heavy atom. The molecule has 0 radical (unpaired) electrons. The van der Waals surface area contributed by atoms with Gasteiger partial charge in [-0.25, -0.2) is 8.78 Å². The number of amides is 2. The molecule has 31 heavy (non-hydrogen) atoms. The zero-order valence-electron chi connectivity index (χ0n) is 17.2. The summed E-state index contributed by atoms with van der Waals surface area (Å²) in [7, 11) is 0. The monoisotopic (exact) mass is 431 g/mol. The van der Waals surface area contributed by atoms with E-state index in [1.165, 1.54) is 10.8 Å². The Kier molecular flexibility index (Phi) is 5.28. The van der Waals surface area contributed by atoms with Crippen molar-refractivity contribution in [3.05, 3.63) is 62.6 Å². The number of benzene rings is 1. The predicted octanol–water partition coefficient (Wildman–Crippen LogP) is 2.50. The standard InChI is InChI=1S/C22H23F2N3O4/c1-11-3-4-13-9-26(8-11)22(31)18-20(29)19(28)15(10-27(13)18)21(30)25-7-14-16(23)5-12(2)6-17(14)24/h5-6,10-11,13,29H,3-4,7-9H2,1-2H3,(H,25,30)/t11-,13-/m0/s1. The molecule has 1 aromatic carbocycles. The van der Waals surface area contributed by atoms with Crippen LogP contribution in [0.1, 0.15) is 57.8 Å². The van der Waals surface area contributed by atoms with Crippen LogP contribution in [0.25, 0.3) is 0 Å². The largest absolute Gasteiger partial charge is 0.503 e. The van der Waals surface area contributed by atoms with E-state index in [1.54, 1.807) is 11.8 Å². The summed E-state index contributed by atoms with van der Waals surface area (Å²) in [5.74, 6) is -3.45. The minimum atomic E-state index is -0.991. The molecular formula is C22H23F2N3O4. The number of hydrogen-bond acceptors (Lipinski definition) is 4. The van der Waals surface area contributed by atoms with Crippen LogP contribution in [-0.2, 0) is 6.54 Å². The summed E-state index contributed by atoms with van der Waals surface area (Å²) in [6.07, 6.45) is 2.85. The third-order valence-corrected chi connectivity index (χ3v) is 6.01. The average Bonchev–Trinajstić information content (AvgIpc) is 2.87. The summed E-state index contributed by atoms with van der Waals surface area (Å²) in [5.41, 5.74) is -1.42. The van der Waals surface area contributed by atoms with Gasteiger partial charge >= 0.3 is 0 Å². The Morgan fingerprint density at radius 2 is 1.87 bits per heavy atom. The normalized spacial score (nSPS) is 20.3. The number of carbonyl (C=O) groups excluding carboxylic acids is 2. The molecule has 2 N–H and O–H groups in total. The molecule has 2 aliphatic rings. The third kappa shape index (κ3) is 3.68. The van der Waals surface area contributed by atoms with Crippen molar-refractivity contribution in [2.45, 2.75) is 39.3 Å². The lowest BCUT2D eigenvalue weighted by Crippen LogP contribution is -2.45. The molecule has 2 aliphatic heterocycles. The molecule has 1 aromatic heterocycles. The van der Waals surface area contributed by atoms with Crippen molar-refractivity contribution in [2.75, 3.05) is 13.1 Å². The van der Waals surface area contributed by atoms with E-state index >= 15 is 0 Å². The Bertz CT molecular complexity index is 1120. The molecule has 1 saturated heterocycles. The molecule has 0 aliphatic carbocycles. The number of rotatable bonds is 3. The second-order valence-corrected chi connectivity index (χ2v) is 8.41. The number of nitrogens with zero attached hydrogens (tertiary/aromatic N) is 2. The first-order chi connectivity index (χ1) is 14.7. The maximum Gasteiger partial charge on any atom is 0.274 e. The van der Waals surface area contributed by atoms with Crippen molar-refractivity contribution in [1.29, 1.82) is 0 Å². The Balaban J connectivity index is 1.67. The lowest BCUT2D eigenvalue weighted by Gasteiger charge is -2.34. The van der Waals surface area contributed by atoms with E-state index in [1.807, 2.05) is 6.92 Å². The minimum absolute atomic E-state index is 0.123. The highest BCUT2D eigenvalue weighted by Crippen LogP contribution is 2.33. The smallest absolute Gasteiger partial charge is 0.274 e. The van der Waals surface area contributed by atoms with E-state index < -0.39 is 41.2 Å². The highest BCUT2D eigenvalue weighted by atomic mass is 19.1. The first-order valence-electron chi connectivity index (χ1n) is 10.2. The van der Waals surface area contributed by atoms with Crippen molar-refractivity contribution in [3.8, 4) is 5.75 Å². The molecular weight excluding hydrogens is 408 g/mol. The van der Waals surface area contributed by atoms with Crippen molar-refractivity contribution in [1.82, 2.24) is 14.8 Å². The lowest BCUT2D eigenvalue weighted by atomic mass is 10.0. The summed E-state index contributed by atoms with van der Waals surface area (Å²) < 4.78 is 29.6. The molecule has 0 saturated carbocycles. The van der Waals surface area contributed by atoms with Gasteiger partial charge in [-0.05, 0) is 43.4 Å². The highest BCUT2D eigenvalue weighted by molar-refractivity contribution is 5.99. The summed E-state index contributed by atoms with van der Waals surface area (Å²) in [6, 6.07) is 2.12. The van der Waals surface area contributed by atoms with Gasteiger partial charge in [-0.1, -0.05) is 6.92 Å². The van der Waals surface area contributed by atoms with Crippen LogP contribution in [0.5, 0.6) is 5.75 Å². The number of hydrogen-bond donors (Lipinski definition) is 2. The van der Waals surface area contributed by atoms with Gasteiger partial charge in [0.15, 0.2) is 11.4 Å². The van der Waals surface area contributed by atoms with Gasteiger partial charge in [0, 0.05) is 31.4 Å². The van der Waals surface area contributed by atoms with Gasteiger partial charge in [-0.15, -0.1) is 0 Å². The number of aromatic nitrogens is 1. The Hall–Kier alpha value is -3.23. The number of fused-ring (bicyclic) bond motifs is 4. The Morgan fingerprint density at radius 1 is 1.19 bits per heavy atom. The molecule has 3 heterocycles. The van der Waals surface area contributed by atoms with Crippen LogP contribution < -0.4 is 10.7 Å². The molecule has 2 aromatic rings. The van der Waals surface area contributed by atoms with Crippen molar-refractivity contribution >= 4 is 11.8 Å². The fourth-order valence-electron chi connectivity index (χ4n) is 4.35. The summed E-state index contributed by atoms with van der Waals surface area (Å²) in [4.78, 5) is 39.7. The summed E-state index contributed by atoms with van der Waals surface area (Å²) in [6.45, 7) is 4.08.